The van der Waals surface area contributed by atoms with Crippen LogP contribution in [-0.2, 0) is 4.79 Å². The molecular formula is C24H22ClN3O. The minimum atomic E-state index is -0.245. The third-order valence-corrected chi connectivity index (χ3v) is 4.72. The molecule has 0 atom stereocenters. The van der Waals surface area contributed by atoms with Crippen molar-refractivity contribution in [3.05, 3.63) is 107 Å². The molecule has 0 spiro atoms. The molecule has 0 aromatic heterocycles. The summed E-state index contributed by atoms with van der Waals surface area (Å²) < 4.78 is 0. The van der Waals surface area contributed by atoms with E-state index in [9.17, 15) is 4.79 Å². The Balaban J connectivity index is 1.69. The molecule has 5 heteroatoms. The molecule has 0 aliphatic heterocycles. The topological polar surface area (TPSA) is 53.5 Å². The van der Waals surface area contributed by atoms with Gasteiger partial charge >= 0.3 is 0 Å². The fourth-order valence-electron chi connectivity index (χ4n) is 2.68. The zero-order valence-electron chi connectivity index (χ0n) is 16.1. The van der Waals surface area contributed by atoms with Crippen LogP contribution in [-0.4, -0.2) is 18.2 Å². The third kappa shape index (κ3) is 6.06. The van der Waals surface area contributed by atoms with Gasteiger partial charge in [0.25, 0.3) is 5.91 Å². The summed E-state index contributed by atoms with van der Waals surface area (Å²) in [5.74, 6) is -0.245. The van der Waals surface area contributed by atoms with Crippen LogP contribution in [0.4, 0.5) is 5.69 Å². The average molecular weight is 404 g/mol. The van der Waals surface area contributed by atoms with Gasteiger partial charge in [0.15, 0.2) is 0 Å². The fourth-order valence-corrected chi connectivity index (χ4v) is 2.86. The Labute approximate surface area is 175 Å². The molecule has 2 N–H and O–H groups in total. The highest BCUT2D eigenvalue weighted by Crippen LogP contribution is 2.22. The molecule has 29 heavy (non-hydrogen) atoms. The molecule has 0 aliphatic carbocycles. The van der Waals surface area contributed by atoms with E-state index in [0.717, 1.165) is 22.4 Å². The van der Waals surface area contributed by atoms with Crippen LogP contribution in [0.15, 0.2) is 90.0 Å². The third-order valence-electron chi connectivity index (χ3n) is 4.31. The number of anilines is 1. The first kappa shape index (κ1) is 20.4. The summed E-state index contributed by atoms with van der Waals surface area (Å²) in [5.41, 5.74) is 6.99. The van der Waals surface area contributed by atoms with Gasteiger partial charge in [-0.1, -0.05) is 84.4 Å². The first-order valence-corrected chi connectivity index (χ1v) is 9.65. The van der Waals surface area contributed by atoms with E-state index >= 15 is 0 Å². The SMILES string of the molecule is Cc1c(Cl)cccc1NCC(=O)N/N=C(/C=C\c1ccccc1)c1ccccc1. The lowest BCUT2D eigenvalue weighted by Gasteiger charge is -2.10. The van der Waals surface area contributed by atoms with Gasteiger partial charge in [-0.25, -0.2) is 5.43 Å². The number of allylic oxidation sites excluding steroid dienone is 1. The molecule has 3 aromatic carbocycles. The molecule has 0 unspecified atom stereocenters. The number of carbonyl (C=O) groups excluding carboxylic acids is 1. The van der Waals surface area contributed by atoms with Crippen molar-refractivity contribution < 1.29 is 4.79 Å². The predicted molar refractivity (Wildman–Crippen MR) is 121 cm³/mol. The molecule has 1 amide bonds. The molecule has 0 heterocycles. The molecule has 0 fully saturated rings. The summed E-state index contributed by atoms with van der Waals surface area (Å²) in [4.78, 5) is 12.3. The highest BCUT2D eigenvalue weighted by atomic mass is 35.5. The van der Waals surface area contributed by atoms with Crippen molar-refractivity contribution in [2.24, 2.45) is 5.10 Å². The Morgan fingerprint density at radius 1 is 0.966 bits per heavy atom. The molecule has 0 saturated carbocycles. The zero-order chi connectivity index (χ0) is 20.5. The summed E-state index contributed by atoms with van der Waals surface area (Å²) in [6.45, 7) is 2.00. The van der Waals surface area contributed by atoms with Gasteiger partial charge in [0.2, 0.25) is 0 Å². The van der Waals surface area contributed by atoms with E-state index in [2.05, 4.69) is 15.8 Å². The van der Waals surface area contributed by atoms with E-state index in [1.807, 2.05) is 97.9 Å². The minimum Gasteiger partial charge on any atom is -0.376 e. The lowest BCUT2D eigenvalue weighted by molar-refractivity contribution is -0.119. The number of amides is 1. The first-order chi connectivity index (χ1) is 14.1. The highest BCUT2D eigenvalue weighted by Gasteiger charge is 2.06. The van der Waals surface area contributed by atoms with Gasteiger partial charge < -0.3 is 5.32 Å². The van der Waals surface area contributed by atoms with Crippen molar-refractivity contribution in [2.75, 3.05) is 11.9 Å². The molecule has 4 nitrogen and oxygen atoms in total. The summed E-state index contributed by atoms with van der Waals surface area (Å²) in [6, 6.07) is 25.2. The van der Waals surface area contributed by atoms with Crippen LogP contribution >= 0.6 is 11.6 Å². The summed E-state index contributed by atoms with van der Waals surface area (Å²) in [5, 5.41) is 8.07. The van der Waals surface area contributed by atoms with Crippen molar-refractivity contribution in [3.8, 4) is 0 Å². The van der Waals surface area contributed by atoms with E-state index in [1.54, 1.807) is 0 Å². The van der Waals surface area contributed by atoms with E-state index in [0.29, 0.717) is 10.7 Å². The van der Waals surface area contributed by atoms with Crippen LogP contribution in [0.5, 0.6) is 0 Å². The quantitative estimate of drug-likeness (QED) is 0.415. The van der Waals surface area contributed by atoms with Gasteiger partial charge in [0, 0.05) is 16.3 Å². The second-order valence-corrected chi connectivity index (χ2v) is 6.82. The number of hydrogen-bond acceptors (Lipinski definition) is 3. The van der Waals surface area contributed by atoms with Crippen molar-refractivity contribution >= 4 is 35.0 Å². The maximum atomic E-state index is 12.3. The first-order valence-electron chi connectivity index (χ1n) is 9.27. The Morgan fingerprint density at radius 2 is 1.66 bits per heavy atom. The zero-order valence-corrected chi connectivity index (χ0v) is 16.9. The molecule has 0 aliphatic rings. The van der Waals surface area contributed by atoms with Crippen molar-refractivity contribution in [1.29, 1.82) is 0 Å². The molecule has 3 aromatic rings. The van der Waals surface area contributed by atoms with E-state index in [1.165, 1.54) is 0 Å². The van der Waals surface area contributed by atoms with Gasteiger partial charge in [-0.2, -0.15) is 5.10 Å². The fraction of sp³-hybridized carbons (Fsp3) is 0.0833. The number of hydrazone groups is 1. The second-order valence-electron chi connectivity index (χ2n) is 6.41. The monoisotopic (exact) mass is 403 g/mol. The maximum absolute atomic E-state index is 12.3. The van der Waals surface area contributed by atoms with Crippen LogP contribution in [0.1, 0.15) is 16.7 Å². The average Bonchev–Trinajstić information content (AvgIpc) is 2.76. The Kier molecular flexibility index (Phi) is 7.20. The lowest BCUT2D eigenvalue weighted by Crippen LogP contribution is -2.27. The van der Waals surface area contributed by atoms with Gasteiger partial charge in [-0.05, 0) is 36.3 Å². The molecular weight excluding hydrogens is 382 g/mol. The maximum Gasteiger partial charge on any atom is 0.259 e. The van der Waals surface area contributed by atoms with Gasteiger partial charge in [-0.15, -0.1) is 0 Å². The van der Waals surface area contributed by atoms with E-state index in [-0.39, 0.29) is 12.5 Å². The number of nitrogens with one attached hydrogen (secondary N) is 2. The number of hydrogen-bond donors (Lipinski definition) is 2. The lowest BCUT2D eigenvalue weighted by atomic mass is 10.1. The molecule has 0 bridgehead atoms. The van der Waals surface area contributed by atoms with Crippen LogP contribution in [0.3, 0.4) is 0 Å². The van der Waals surface area contributed by atoms with Gasteiger partial charge in [-0.3, -0.25) is 4.79 Å². The highest BCUT2D eigenvalue weighted by molar-refractivity contribution is 6.31. The normalized spacial score (nSPS) is 11.4. The van der Waals surface area contributed by atoms with E-state index < -0.39 is 0 Å². The largest absolute Gasteiger partial charge is 0.376 e. The smallest absolute Gasteiger partial charge is 0.259 e. The van der Waals surface area contributed by atoms with E-state index in [4.69, 9.17) is 11.6 Å². The standard InChI is InChI=1S/C24H22ClN3O/c1-18-21(25)13-8-14-22(18)26-17-24(29)28-27-23(20-11-6-3-7-12-20)16-15-19-9-4-2-5-10-19/h2-16,26H,17H2,1H3,(H,28,29)/b16-15-,27-23-. The van der Waals surface area contributed by atoms with Crippen LogP contribution in [0, 0.1) is 6.92 Å². The number of nitrogens with zero attached hydrogens (tertiary/aromatic N) is 1. The number of benzene rings is 3. The van der Waals surface area contributed by atoms with Gasteiger partial charge in [0.1, 0.15) is 0 Å². The van der Waals surface area contributed by atoms with Crippen molar-refractivity contribution in [1.82, 2.24) is 5.43 Å². The summed E-state index contributed by atoms with van der Waals surface area (Å²) in [6.07, 6.45) is 3.85. The predicted octanol–water partition coefficient (Wildman–Crippen LogP) is 5.29. The summed E-state index contributed by atoms with van der Waals surface area (Å²) in [7, 11) is 0. The Morgan fingerprint density at radius 3 is 2.38 bits per heavy atom. The Bertz CT molecular complexity index is 1010. The number of halogens is 1. The number of carbonyl (C=O) groups is 1. The molecule has 0 saturated heterocycles. The molecule has 3 rings (SSSR count). The van der Waals surface area contributed by atoms with Crippen molar-refractivity contribution in [3.63, 3.8) is 0 Å². The van der Waals surface area contributed by atoms with Crippen LogP contribution < -0.4 is 10.7 Å². The van der Waals surface area contributed by atoms with Crippen molar-refractivity contribution in [2.45, 2.75) is 6.92 Å². The van der Waals surface area contributed by atoms with Gasteiger partial charge in [0.05, 0.1) is 12.3 Å². The van der Waals surface area contributed by atoms with Crippen LogP contribution in [0.2, 0.25) is 5.02 Å². The molecule has 0 radical (unpaired) electrons. The molecule has 146 valence electrons. The Hall–Kier alpha value is -3.37. The second kappa shape index (κ2) is 10.2. The summed E-state index contributed by atoms with van der Waals surface area (Å²) >= 11 is 6.11. The van der Waals surface area contributed by atoms with Crippen LogP contribution in [0.25, 0.3) is 6.08 Å². The number of rotatable bonds is 7. The minimum absolute atomic E-state index is 0.0924.